The Morgan fingerprint density at radius 2 is 2.17 bits per heavy atom. The molecule has 96 valence electrons. The topological polar surface area (TPSA) is 79.0 Å². The van der Waals surface area contributed by atoms with Gasteiger partial charge in [0, 0.05) is 12.6 Å². The Kier molecular flexibility index (Phi) is 5.65. The fourth-order valence-corrected chi connectivity index (χ4v) is 1.68. The Morgan fingerprint density at radius 1 is 1.39 bits per heavy atom. The number of nitrogens with zero attached hydrogens (tertiary/aromatic N) is 2. The number of unbranched alkanes of at least 4 members (excludes halogenated alkanes) is 3. The van der Waals surface area contributed by atoms with E-state index in [-0.39, 0.29) is 5.69 Å². The molecule has 5 heteroatoms. The molecule has 1 N–H and O–H groups in total. The van der Waals surface area contributed by atoms with Gasteiger partial charge in [-0.15, -0.1) is 0 Å². The Labute approximate surface area is 107 Å². The van der Waals surface area contributed by atoms with Crippen LogP contribution in [0.2, 0.25) is 0 Å². The second-order valence-electron chi connectivity index (χ2n) is 4.09. The van der Waals surface area contributed by atoms with E-state index in [1.165, 1.54) is 12.5 Å². The minimum absolute atomic E-state index is 0.0375. The first-order valence-electron chi connectivity index (χ1n) is 6.11. The van der Waals surface area contributed by atoms with Gasteiger partial charge in [0.1, 0.15) is 5.69 Å². The molecule has 0 spiro atoms. The van der Waals surface area contributed by atoms with Crippen LogP contribution in [0.5, 0.6) is 0 Å². The summed E-state index contributed by atoms with van der Waals surface area (Å²) in [6, 6.07) is 6.38. The van der Waals surface area contributed by atoms with E-state index in [0.717, 1.165) is 19.3 Å². The highest BCUT2D eigenvalue weighted by molar-refractivity contribution is 5.63. The van der Waals surface area contributed by atoms with Gasteiger partial charge in [-0.2, -0.15) is 5.26 Å². The molecule has 1 aromatic carbocycles. The van der Waals surface area contributed by atoms with Gasteiger partial charge < -0.3 is 5.32 Å². The fraction of sp³-hybridized carbons (Fsp3) is 0.462. The van der Waals surface area contributed by atoms with Crippen molar-refractivity contribution >= 4 is 11.4 Å². The van der Waals surface area contributed by atoms with Gasteiger partial charge in [0.2, 0.25) is 0 Å². The first-order valence-corrected chi connectivity index (χ1v) is 6.11. The van der Waals surface area contributed by atoms with Crippen LogP contribution in [0, 0.1) is 21.4 Å². The van der Waals surface area contributed by atoms with Gasteiger partial charge in [0.25, 0.3) is 5.69 Å². The van der Waals surface area contributed by atoms with Crippen molar-refractivity contribution in [1.29, 1.82) is 5.26 Å². The highest BCUT2D eigenvalue weighted by atomic mass is 16.6. The summed E-state index contributed by atoms with van der Waals surface area (Å²) in [6.07, 6.45) is 4.45. The van der Waals surface area contributed by atoms with Gasteiger partial charge in [-0.1, -0.05) is 26.2 Å². The minimum Gasteiger partial charge on any atom is -0.379 e. The Bertz CT molecular complexity index is 452. The molecule has 0 amide bonds. The molecular formula is C13H17N3O2. The molecule has 0 unspecified atom stereocenters. The van der Waals surface area contributed by atoms with Crippen LogP contribution in [0.1, 0.15) is 38.2 Å². The summed E-state index contributed by atoms with van der Waals surface area (Å²) in [7, 11) is 0. The van der Waals surface area contributed by atoms with Crippen LogP contribution in [0.3, 0.4) is 0 Å². The number of benzene rings is 1. The third kappa shape index (κ3) is 4.06. The molecule has 0 aliphatic heterocycles. The van der Waals surface area contributed by atoms with E-state index in [1.54, 1.807) is 12.1 Å². The van der Waals surface area contributed by atoms with E-state index in [1.807, 2.05) is 6.07 Å². The summed E-state index contributed by atoms with van der Waals surface area (Å²) in [6.45, 7) is 2.85. The number of rotatable bonds is 7. The second-order valence-corrected chi connectivity index (χ2v) is 4.09. The number of nitro groups is 1. The van der Waals surface area contributed by atoms with E-state index in [4.69, 9.17) is 5.26 Å². The second kappa shape index (κ2) is 7.28. The molecule has 0 aromatic heterocycles. The van der Waals surface area contributed by atoms with Crippen molar-refractivity contribution in [3.05, 3.63) is 33.9 Å². The standard InChI is InChI=1S/C13H17N3O2/c1-2-3-4-5-8-15-12-7-6-11(10-14)9-13(12)16(17)18/h6-7,9,15H,2-5,8H2,1H3. The molecule has 18 heavy (non-hydrogen) atoms. The third-order valence-corrected chi connectivity index (χ3v) is 2.67. The molecule has 1 rings (SSSR count). The summed E-state index contributed by atoms with van der Waals surface area (Å²) >= 11 is 0. The Hall–Kier alpha value is -2.09. The summed E-state index contributed by atoms with van der Waals surface area (Å²) in [5, 5.41) is 22.6. The molecule has 1 aromatic rings. The molecule has 0 aliphatic carbocycles. The third-order valence-electron chi connectivity index (χ3n) is 2.67. The molecule has 0 atom stereocenters. The van der Waals surface area contributed by atoms with Crippen molar-refractivity contribution < 1.29 is 4.92 Å². The van der Waals surface area contributed by atoms with Gasteiger partial charge in [0.05, 0.1) is 16.6 Å². The predicted octanol–water partition coefficient (Wildman–Crippen LogP) is 3.46. The van der Waals surface area contributed by atoms with Crippen LogP contribution < -0.4 is 5.32 Å². The van der Waals surface area contributed by atoms with Crippen LogP contribution in [0.25, 0.3) is 0 Å². The largest absolute Gasteiger partial charge is 0.379 e. The quantitative estimate of drug-likeness (QED) is 0.454. The number of nitrogens with one attached hydrogen (secondary N) is 1. The van der Waals surface area contributed by atoms with Gasteiger partial charge >= 0.3 is 0 Å². The van der Waals surface area contributed by atoms with Crippen LogP contribution in [-0.4, -0.2) is 11.5 Å². The zero-order valence-corrected chi connectivity index (χ0v) is 10.5. The van der Waals surface area contributed by atoms with E-state index < -0.39 is 4.92 Å². The fourth-order valence-electron chi connectivity index (χ4n) is 1.68. The molecule has 0 bridgehead atoms. The summed E-state index contributed by atoms with van der Waals surface area (Å²) < 4.78 is 0. The van der Waals surface area contributed by atoms with Crippen LogP contribution >= 0.6 is 0 Å². The van der Waals surface area contributed by atoms with Gasteiger partial charge in [-0.05, 0) is 18.6 Å². The highest BCUT2D eigenvalue weighted by Crippen LogP contribution is 2.25. The van der Waals surface area contributed by atoms with Crippen LogP contribution in [0.15, 0.2) is 18.2 Å². The lowest BCUT2D eigenvalue weighted by Crippen LogP contribution is -2.04. The highest BCUT2D eigenvalue weighted by Gasteiger charge is 2.13. The first-order chi connectivity index (χ1) is 8.69. The molecular weight excluding hydrogens is 230 g/mol. The summed E-state index contributed by atoms with van der Waals surface area (Å²) in [4.78, 5) is 10.4. The van der Waals surface area contributed by atoms with E-state index in [2.05, 4.69) is 12.2 Å². The SMILES string of the molecule is CCCCCCNc1ccc(C#N)cc1[N+](=O)[O-]. The molecule has 0 radical (unpaired) electrons. The van der Waals surface area contributed by atoms with Crippen molar-refractivity contribution in [3.63, 3.8) is 0 Å². The van der Waals surface area contributed by atoms with Crippen molar-refractivity contribution in [2.45, 2.75) is 32.6 Å². The normalized spacial score (nSPS) is 9.78. The zero-order valence-electron chi connectivity index (χ0n) is 10.5. The van der Waals surface area contributed by atoms with E-state index in [0.29, 0.717) is 17.8 Å². The number of anilines is 1. The zero-order chi connectivity index (χ0) is 13.4. The summed E-state index contributed by atoms with van der Waals surface area (Å²) in [5.74, 6) is 0. The Balaban J connectivity index is 2.65. The molecule has 0 saturated carbocycles. The molecule has 0 aliphatic rings. The van der Waals surface area contributed by atoms with Crippen molar-refractivity contribution in [2.24, 2.45) is 0 Å². The molecule has 5 nitrogen and oxygen atoms in total. The van der Waals surface area contributed by atoms with E-state index in [9.17, 15) is 10.1 Å². The van der Waals surface area contributed by atoms with Gasteiger partial charge in [-0.3, -0.25) is 10.1 Å². The van der Waals surface area contributed by atoms with Gasteiger partial charge in [-0.25, -0.2) is 0 Å². The van der Waals surface area contributed by atoms with Crippen molar-refractivity contribution in [1.82, 2.24) is 0 Å². The summed E-state index contributed by atoms with van der Waals surface area (Å²) in [5.41, 5.74) is 0.748. The van der Waals surface area contributed by atoms with Crippen molar-refractivity contribution in [2.75, 3.05) is 11.9 Å². The molecule has 0 saturated heterocycles. The maximum atomic E-state index is 10.9. The number of hydrogen-bond donors (Lipinski definition) is 1. The van der Waals surface area contributed by atoms with Crippen LogP contribution in [0.4, 0.5) is 11.4 Å². The van der Waals surface area contributed by atoms with Crippen LogP contribution in [-0.2, 0) is 0 Å². The monoisotopic (exact) mass is 247 g/mol. The number of nitro benzene ring substituents is 1. The average molecular weight is 247 g/mol. The lowest BCUT2D eigenvalue weighted by atomic mass is 10.1. The van der Waals surface area contributed by atoms with E-state index >= 15 is 0 Å². The lowest BCUT2D eigenvalue weighted by Gasteiger charge is -2.06. The number of nitriles is 1. The first kappa shape index (κ1) is 14.0. The maximum Gasteiger partial charge on any atom is 0.293 e. The maximum absolute atomic E-state index is 10.9. The Morgan fingerprint density at radius 3 is 2.78 bits per heavy atom. The van der Waals surface area contributed by atoms with Gasteiger partial charge in [0.15, 0.2) is 0 Å². The smallest absolute Gasteiger partial charge is 0.293 e. The molecule has 0 fully saturated rings. The van der Waals surface area contributed by atoms with Crippen molar-refractivity contribution in [3.8, 4) is 6.07 Å². The lowest BCUT2D eigenvalue weighted by molar-refractivity contribution is -0.384. The molecule has 0 heterocycles. The minimum atomic E-state index is -0.463. The number of hydrogen-bond acceptors (Lipinski definition) is 4. The predicted molar refractivity (Wildman–Crippen MR) is 70.4 cm³/mol. The average Bonchev–Trinajstić information content (AvgIpc) is 2.38.